The predicted octanol–water partition coefficient (Wildman–Crippen LogP) is 2.94. The number of carbonyl (C=O) groups is 2. The highest BCUT2D eigenvalue weighted by molar-refractivity contribution is 6.14. The van der Waals surface area contributed by atoms with Crippen molar-refractivity contribution < 1.29 is 33.0 Å². The topological polar surface area (TPSA) is 90.7 Å². The molecule has 9 nitrogen and oxygen atoms in total. The number of piperazine rings is 1. The molecule has 0 radical (unpaired) electrons. The lowest BCUT2D eigenvalue weighted by atomic mass is 10.0. The van der Waals surface area contributed by atoms with Gasteiger partial charge in [-0.25, -0.2) is 0 Å². The molecule has 1 fully saturated rings. The molecule has 2 aromatic carbocycles. The highest BCUT2D eigenvalue weighted by Crippen LogP contribution is 2.41. The molecule has 0 bridgehead atoms. The molecule has 0 spiro atoms. The molecule has 1 atom stereocenters. The maximum atomic E-state index is 13.8. The van der Waals surface area contributed by atoms with E-state index in [2.05, 4.69) is 0 Å². The summed E-state index contributed by atoms with van der Waals surface area (Å²) >= 11 is 0. The lowest BCUT2D eigenvalue weighted by molar-refractivity contribution is -0.129. The minimum Gasteiger partial charge on any atom is -0.486 e. The zero-order chi connectivity index (χ0) is 22.4. The second-order valence-corrected chi connectivity index (χ2v) is 7.76. The summed E-state index contributed by atoms with van der Waals surface area (Å²) < 4.78 is 28.1. The fraction of sp³-hybridized carbons (Fsp3) is 0.250. The molecule has 0 saturated carbocycles. The summed E-state index contributed by atoms with van der Waals surface area (Å²) in [5.41, 5.74) is 1.08. The van der Waals surface area contributed by atoms with Crippen molar-refractivity contribution >= 4 is 23.2 Å². The molecule has 6 rings (SSSR count). The van der Waals surface area contributed by atoms with Gasteiger partial charge >= 0.3 is 0 Å². The molecular formula is C24H20N2O7. The lowest BCUT2D eigenvalue weighted by Gasteiger charge is -2.39. The molecule has 0 N–H and O–H groups in total. The zero-order valence-electron chi connectivity index (χ0n) is 17.6. The Morgan fingerprint density at radius 2 is 1.33 bits per heavy atom. The summed E-state index contributed by atoms with van der Waals surface area (Å²) in [6, 6.07) is 12.8. The van der Waals surface area contributed by atoms with Crippen molar-refractivity contribution in [3.8, 4) is 23.0 Å². The van der Waals surface area contributed by atoms with Crippen LogP contribution in [0.5, 0.6) is 23.0 Å². The first-order valence-corrected chi connectivity index (χ1v) is 10.7. The molecule has 33 heavy (non-hydrogen) atoms. The van der Waals surface area contributed by atoms with Crippen molar-refractivity contribution in [1.82, 2.24) is 0 Å². The number of hydrogen-bond acceptors (Lipinski definition) is 7. The number of furan rings is 1. The van der Waals surface area contributed by atoms with Crippen molar-refractivity contribution in [2.24, 2.45) is 0 Å². The number of ether oxygens (including phenoxy) is 4. The first kappa shape index (κ1) is 19.5. The van der Waals surface area contributed by atoms with Crippen LogP contribution in [-0.2, 0) is 9.59 Å². The monoisotopic (exact) mass is 448 g/mol. The summed E-state index contributed by atoms with van der Waals surface area (Å²) in [6.07, 6.45) is 1.48. The van der Waals surface area contributed by atoms with Crippen molar-refractivity contribution in [3.63, 3.8) is 0 Å². The van der Waals surface area contributed by atoms with E-state index in [0.717, 1.165) is 0 Å². The van der Waals surface area contributed by atoms with Crippen molar-refractivity contribution in [1.29, 1.82) is 0 Å². The van der Waals surface area contributed by atoms with Gasteiger partial charge in [0.1, 0.15) is 38.7 Å². The summed E-state index contributed by atoms with van der Waals surface area (Å²) in [7, 11) is 0. The molecule has 2 amide bonds. The van der Waals surface area contributed by atoms with Crippen LogP contribution in [0, 0.1) is 0 Å². The first-order chi connectivity index (χ1) is 16.2. The number of benzene rings is 2. The summed E-state index contributed by atoms with van der Waals surface area (Å²) in [5, 5.41) is 0. The van der Waals surface area contributed by atoms with Crippen LogP contribution < -0.4 is 28.7 Å². The second kappa shape index (κ2) is 7.77. The summed E-state index contributed by atoms with van der Waals surface area (Å²) in [5.74, 6) is 2.10. The van der Waals surface area contributed by atoms with E-state index < -0.39 is 6.04 Å². The predicted molar refractivity (Wildman–Crippen MR) is 116 cm³/mol. The van der Waals surface area contributed by atoms with Crippen molar-refractivity contribution in [2.75, 3.05) is 42.8 Å². The molecule has 3 aromatic rings. The van der Waals surface area contributed by atoms with Gasteiger partial charge in [-0.3, -0.25) is 14.5 Å². The second-order valence-electron chi connectivity index (χ2n) is 7.76. The molecule has 4 heterocycles. The lowest BCUT2D eigenvalue weighted by Crippen LogP contribution is -2.56. The fourth-order valence-electron chi connectivity index (χ4n) is 4.28. The van der Waals surface area contributed by atoms with Gasteiger partial charge in [-0.1, -0.05) is 0 Å². The summed E-state index contributed by atoms with van der Waals surface area (Å²) in [4.78, 5) is 30.1. The van der Waals surface area contributed by atoms with Gasteiger partial charge in [0.15, 0.2) is 29.0 Å². The molecule has 168 valence electrons. The third-order valence-electron chi connectivity index (χ3n) is 5.77. The van der Waals surface area contributed by atoms with E-state index >= 15 is 0 Å². The van der Waals surface area contributed by atoms with Crippen LogP contribution in [-0.4, -0.2) is 44.8 Å². The fourth-order valence-corrected chi connectivity index (χ4v) is 4.28. The Labute approximate surface area is 189 Å². The Kier molecular flexibility index (Phi) is 4.60. The molecule has 3 aliphatic rings. The number of rotatable bonds is 3. The average Bonchev–Trinajstić information content (AvgIpc) is 3.39. The largest absolute Gasteiger partial charge is 0.486 e. The third-order valence-corrected chi connectivity index (χ3v) is 5.77. The van der Waals surface area contributed by atoms with Crippen molar-refractivity contribution in [3.05, 3.63) is 60.6 Å². The van der Waals surface area contributed by atoms with Gasteiger partial charge in [0.25, 0.3) is 5.91 Å². The smallest absolute Gasteiger partial charge is 0.258 e. The number of hydrogen-bond donors (Lipinski definition) is 0. The van der Waals surface area contributed by atoms with Gasteiger partial charge in [0, 0.05) is 23.5 Å². The van der Waals surface area contributed by atoms with E-state index in [1.807, 2.05) is 0 Å². The number of fused-ring (bicyclic) bond motifs is 2. The third kappa shape index (κ3) is 3.32. The van der Waals surface area contributed by atoms with E-state index in [9.17, 15) is 9.59 Å². The number of carbonyl (C=O) groups excluding carboxylic acids is 2. The van der Waals surface area contributed by atoms with Crippen LogP contribution in [0.15, 0.2) is 59.2 Å². The zero-order valence-corrected chi connectivity index (χ0v) is 17.6. The Bertz CT molecular complexity index is 1220. The normalized spacial score (nSPS) is 19.6. The molecule has 0 unspecified atom stereocenters. The van der Waals surface area contributed by atoms with Crippen LogP contribution in [0.25, 0.3) is 0 Å². The molecule has 0 aliphatic carbocycles. The van der Waals surface area contributed by atoms with E-state index in [1.165, 1.54) is 16.1 Å². The number of nitrogens with zero attached hydrogens (tertiary/aromatic N) is 2. The van der Waals surface area contributed by atoms with E-state index in [0.29, 0.717) is 66.6 Å². The minimum atomic E-state index is -0.975. The molecule has 1 saturated heterocycles. The van der Waals surface area contributed by atoms with Gasteiger partial charge < -0.3 is 28.3 Å². The highest BCUT2D eigenvalue weighted by Gasteiger charge is 2.44. The minimum absolute atomic E-state index is 0.135. The van der Waals surface area contributed by atoms with Crippen molar-refractivity contribution in [2.45, 2.75) is 6.04 Å². The van der Waals surface area contributed by atoms with Crippen LogP contribution in [0.2, 0.25) is 0 Å². The average molecular weight is 448 g/mol. The summed E-state index contributed by atoms with van der Waals surface area (Å²) in [6.45, 7) is 1.65. The Morgan fingerprint density at radius 1 is 0.727 bits per heavy atom. The van der Waals surface area contributed by atoms with Gasteiger partial charge in [0.2, 0.25) is 5.91 Å². The molecular weight excluding hydrogens is 428 g/mol. The van der Waals surface area contributed by atoms with Crippen LogP contribution in [0.4, 0.5) is 11.4 Å². The van der Waals surface area contributed by atoms with Crippen LogP contribution in [0.3, 0.4) is 0 Å². The van der Waals surface area contributed by atoms with Gasteiger partial charge in [-0.15, -0.1) is 0 Å². The maximum Gasteiger partial charge on any atom is 0.258 e. The molecule has 9 heteroatoms. The Hall–Kier alpha value is -4.14. The van der Waals surface area contributed by atoms with Gasteiger partial charge in [-0.05, 0) is 36.4 Å². The standard InChI is InChI=1S/C24H20N2O7/c27-22-14-25(15-3-5-17-20(12-15)32-10-8-30-17)24(28)23(19-2-1-7-29-19)26(22)16-4-6-18-21(13-16)33-11-9-31-18/h1-7,12-13,23H,8-11,14H2/t23-/m0/s1. The van der Waals surface area contributed by atoms with E-state index in [4.69, 9.17) is 23.4 Å². The van der Waals surface area contributed by atoms with Gasteiger partial charge in [-0.2, -0.15) is 0 Å². The molecule has 1 aromatic heterocycles. The quantitative estimate of drug-likeness (QED) is 0.609. The highest BCUT2D eigenvalue weighted by atomic mass is 16.6. The van der Waals surface area contributed by atoms with Gasteiger partial charge in [0.05, 0.1) is 6.26 Å². The maximum absolute atomic E-state index is 13.8. The van der Waals surface area contributed by atoms with Crippen LogP contribution in [0.1, 0.15) is 11.8 Å². The number of amides is 2. The Balaban J connectivity index is 1.39. The number of anilines is 2. The van der Waals surface area contributed by atoms with E-state index in [1.54, 1.807) is 48.5 Å². The van der Waals surface area contributed by atoms with E-state index in [-0.39, 0.29) is 18.4 Å². The first-order valence-electron chi connectivity index (χ1n) is 10.7. The Morgan fingerprint density at radius 3 is 1.97 bits per heavy atom. The molecule has 3 aliphatic heterocycles. The SMILES string of the molecule is O=C1[C@H](c2ccco2)N(c2ccc3c(c2)OCCO3)C(=O)CN1c1ccc2c(c1)OCCO2. The van der Waals surface area contributed by atoms with Crippen LogP contribution >= 0.6 is 0 Å².